The normalized spacial score (nSPS) is 22.6. The van der Waals surface area contributed by atoms with Crippen LogP contribution < -0.4 is 10.9 Å². The maximum atomic E-state index is 12.4. The van der Waals surface area contributed by atoms with E-state index < -0.39 is 0 Å². The van der Waals surface area contributed by atoms with Crippen molar-refractivity contribution in [2.45, 2.75) is 31.6 Å². The van der Waals surface area contributed by atoms with Crippen LogP contribution in [0.1, 0.15) is 36.3 Å². The van der Waals surface area contributed by atoms with Crippen LogP contribution in [0.5, 0.6) is 0 Å². The molecule has 0 unspecified atom stereocenters. The topological polar surface area (TPSA) is 70.1 Å². The Labute approximate surface area is 154 Å². The fraction of sp³-hybridized carbons (Fsp3) is 0.450. The summed E-state index contributed by atoms with van der Waals surface area (Å²) in [5.41, 5.74) is 8.54. The molecule has 6 heteroatoms. The first-order valence-electron chi connectivity index (χ1n) is 9.42. The number of hydrogen-bond acceptors (Lipinski definition) is 5. The number of nitrogens with one attached hydrogen (secondary N) is 2. The summed E-state index contributed by atoms with van der Waals surface area (Å²) in [6, 6.07) is 10.6. The summed E-state index contributed by atoms with van der Waals surface area (Å²) in [7, 11) is 0. The number of likely N-dealkylation sites (tertiary alicyclic amines) is 1. The molecule has 0 bridgehead atoms. The summed E-state index contributed by atoms with van der Waals surface area (Å²) in [6.45, 7) is 2.86. The predicted octanol–water partition coefficient (Wildman–Crippen LogP) is 2.36. The minimum absolute atomic E-state index is 0.0176. The molecule has 0 spiro atoms. The van der Waals surface area contributed by atoms with E-state index in [0.717, 1.165) is 26.1 Å². The lowest BCUT2D eigenvalue weighted by Crippen LogP contribution is -2.37. The molecule has 2 heterocycles. The second kappa shape index (κ2) is 7.83. The van der Waals surface area contributed by atoms with Gasteiger partial charge in [0.2, 0.25) is 11.9 Å². The van der Waals surface area contributed by atoms with Gasteiger partial charge in [-0.25, -0.2) is 9.97 Å². The lowest BCUT2D eigenvalue weighted by molar-refractivity contribution is -0.124. The molecule has 1 aromatic heterocycles. The van der Waals surface area contributed by atoms with E-state index in [1.807, 2.05) is 0 Å². The third kappa shape index (κ3) is 3.85. The Morgan fingerprint density at radius 2 is 2.00 bits per heavy atom. The number of carbonyl (C=O) groups excluding carboxylic acids is 1. The highest BCUT2D eigenvalue weighted by atomic mass is 16.2. The highest BCUT2D eigenvalue weighted by molar-refractivity contribution is 5.80. The zero-order valence-corrected chi connectivity index (χ0v) is 14.9. The standard InChI is InChI=1S/C20H25N5O/c26-19(23-24-20-21-10-4-11-22-20)17-9-12-25(14-17)13-16-7-3-6-15-5-1-2-8-18(15)16/h1-2,4-5,8,10-11,16-17H,3,6-7,9,12-14H2,(H,23,26)(H,21,22,24)/t16-,17-/m0/s1. The van der Waals surface area contributed by atoms with Crippen molar-refractivity contribution in [1.29, 1.82) is 0 Å². The molecule has 136 valence electrons. The van der Waals surface area contributed by atoms with Crippen LogP contribution in [0.2, 0.25) is 0 Å². The molecule has 2 aliphatic rings. The molecule has 1 aliphatic heterocycles. The minimum Gasteiger partial charge on any atom is -0.302 e. The Hall–Kier alpha value is -2.47. The van der Waals surface area contributed by atoms with Gasteiger partial charge in [-0.05, 0) is 55.3 Å². The van der Waals surface area contributed by atoms with E-state index in [-0.39, 0.29) is 11.8 Å². The van der Waals surface area contributed by atoms with Crippen molar-refractivity contribution in [3.8, 4) is 0 Å². The van der Waals surface area contributed by atoms with Gasteiger partial charge in [0.1, 0.15) is 0 Å². The number of nitrogens with zero attached hydrogens (tertiary/aromatic N) is 3. The number of aryl methyl sites for hydroxylation is 1. The molecule has 1 fully saturated rings. The zero-order valence-electron chi connectivity index (χ0n) is 14.9. The molecule has 4 rings (SSSR count). The number of aromatic nitrogens is 2. The fourth-order valence-electron chi connectivity index (χ4n) is 4.15. The second-order valence-electron chi connectivity index (χ2n) is 7.22. The molecule has 1 saturated heterocycles. The Bertz CT molecular complexity index is 751. The summed E-state index contributed by atoms with van der Waals surface area (Å²) in [4.78, 5) is 22.9. The van der Waals surface area contributed by atoms with E-state index in [1.165, 1.54) is 30.4 Å². The van der Waals surface area contributed by atoms with E-state index in [9.17, 15) is 4.79 Å². The van der Waals surface area contributed by atoms with Crippen molar-refractivity contribution in [2.24, 2.45) is 5.92 Å². The van der Waals surface area contributed by atoms with Gasteiger partial charge >= 0.3 is 0 Å². The van der Waals surface area contributed by atoms with E-state index in [4.69, 9.17) is 0 Å². The summed E-state index contributed by atoms with van der Waals surface area (Å²) in [5.74, 6) is 1.04. The second-order valence-corrected chi connectivity index (χ2v) is 7.22. The van der Waals surface area contributed by atoms with Gasteiger partial charge in [-0.1, -0.05) is 24.3 Å². The molecule has 0 saturated carbocycles. The van der Waals surface area contributed by atoms with Crippen molar-refractivity contribution >= 4 is 11.9 Å². The van der Waals surface area contributed by atoms with Crippen LogP contribution in [0.15, 0.2) is 42.7 Å². The van der Waals surface area contributed by atoms with Crippen LogP contribution >= 0.6 is 0 Å². The Kier molecular flexibility index (Phi) is 5.11. The monoisotopic (exact) mass is 351 g/mol. The van der Waals surface area contributed by atoms with Gasteiger partial charge in [-0.15, -0.1) is 0 Å². The summed E-state index contributed by atoms with van der Waals surface area (Å²) in [6.07, 6.45) is 7.89. The SMILES string of the molecule is O=C(NNc1ncccn1)[C@H]1CCN(C[C@@H]2CCCc3ccccc32)C1. The van der Waals surface area contributed by atoms with Crippen molar-refractivity contribution in [3.63, 3.8) is 0 Å². The van der Waals surface area contributed by atoms with Crippen molar-refractivity contribution in [3.05, 3.63) is 53.9 Å². The molecule has 26 heavy (non-hydrogen) atoms. The number of benzene rings is 1. The van der Waals surface area contributed by atoms with Gasteiger partial charge in [-0.2, -0.15) is 0 Å². The number of amides is 1. The van der Waals surface area contributed by atoms with Crippen LogP contribution in [0.25, 0.3) is 0 Å². The first-order chi connectivity index (χ1) is 12.8. The van der Waals surface area contributed by atoms with Gasteiger partial charge in [-0.3, -0.25) is 15.6 Å². The Morgan fingerprint density at radius 3 is 2.88 bits per heavy atom. The molecular weight excluding hydrogens is 326 g/mol. The van der Waals surface area contributed by atoms with Crippen molar-refractivity contribution < 1.29 is 4.79 Å². The zero-order chi connectivity index (χ0) is 17.8. The molecule has 6 nitrogen and oxygen atoms in total. The molecule has 1 amide bonds. The maximum absolute atomic E-state index is 12.4. The van der Waals surface area contributed by atoms with E-state index in [0.29, 0.717) is 11.9 Å². The van der Waals surface area contributed by atoms with Crippen LogP contribution in [0.3, 0.4) is 0 Å². The molecule has 1 aliphatic carbocycles. The maximum Gasteiger partial charge on any atom is 0.242 e. The Balaban J connectivity index is 1.29. The van der Waals surface area contributed by atoms with E-state index in [2.05, 4.69) is 50.0 Å². The molecule has 0 radical (unpaired) electrons. The smallest absolute Gasteiger partial charge is 0.242 e. The first kappa shape index (κ1) is 17.0. The lowest BCUT2D eigenvalue weighted by Gasteiger charge is -2.29. The largest absolute Gasteiger partial charge is 0.302 e. The van der Waals surface area contributed by atoms with Gasteiger partial charge < -0.3 is 4.90 Å². The third-order valence-corrected chi connectivity index (χ3v) is 5.48. The molecule has 1 aromatic carbocycles. The highest BCUT2D eigenvalue weighted by Crippen LogP contribution is 2.33. The molecule has 2 N–H and O–H groups in total. The molecule has 2 atom stereocenters. The van der Waals surface area contributed by atoms with Crippen molar-refractivity contribution in [2.75, 3.05) is 25.1 Å². The summed E-state index contributed by atoms with van der Waals surface area (Å²) < 4.78 is 0. The van der Waals surface area contributed by atoms with Crippen LogP contribution in [-0.2, 0) is 11.2 Å². The van der Waals surface area contributed by atoms with Crippen molar-refractivity contribution in [1.82, 2.24) is 20.3 Å². The first-order valence-corrected chi connectivity index (χ1v) is 9.42. The Morgan fingerprint density at radius 1 is 1.15 bits per heavy atom. The van der Waals surface area contributed by atoms with E-state index in [1.54, 1.807) is 18.5 Å². The average molecular weight is 351 g/mol. The van der Waals surface area contributed by atoms with E-state index >= 15 is 0 Å². The minimum atomic E-state index is 0.0176. The quantitative estimate of drug-likeness (QED) is 0.810. The van der Waals surface area contributed by atoms with Crippen LogP contribution in [0.4, 0.5) is 5.95 Å². The average Bonchev–Trinajstić information content (AvgIpc) is 3.16. The van der Waals surface area contributed by atoms with Crippen LogP contribution in [-0.4, -0.2) is 40.4 Å². The highest BCUT2D eigenvalue weighted by Gasteiger charge is 2.31. The predicted molar refractivity (Wildman–Crippen MR) is 100 cm³/mol. The molecule has 2 aromatic rings. The number of hydrogen-bond donors (Lipinski definition) is 2. The van der Waals surface area contributed by atoms with Gasteiger partial charge in [0, 0.05) is 25.5 Å². The van der Waals surface area contributed by atoms with Crippen LogP contribution in [0, 0.1) is 5.92 Å². The summed E-state index contributed by atoms with van der Waals surface area (Å²) in [5, 5.41) is 0. The number of anilines is 1. The van der Waals surface area contributed by atoms with Gasteiger partial charge in [0.05, 0.1) is 5.92 Å². The number of rotatable bonds is 5. The van der Waals surface area contributed by atoms with Gasteiger partial charge in [0.15, 0.2) is 0 Å². The lowest BCUT2D eigenvalue weighted by atomic mass is 9.82. The fourth-order valence-corrected chi connectivity index (χ4v) is 4.15. The number of carbonyl (C=O) groups is 1. The number of hydrazine groups is 1. The van der Waals surface area contributed by atoms with Gasteiger partial charge in [0.25, 0.3) is 0 Å². The number of fused-ring (bicyclic) bond motifs is 1. The summed E-state index contributed by atoms with van der Waals surface area (Å²) >= 11 is 0. The third-order valence-electron chi connectivity index (χ3n) is 5.48. The molecular formula is C20H25N5O.